The summed E-state index contributed by atoms with van der Waals surface area (Å²) in [5.41, 5.74) is 12.5. The Kier molecular flexibility index (Phi) is 3.84. The Hall–Kier alpha value is -1.84. The van der Waals surface area contributed by atoms with Crippen molar-refractivity contribution in [1.29, 1.82) is 0 Å². The molecular weight excluding hydrogens is 252 g/mol. The number of hydrogen-bond acceptors (Lipinski definition) is 2. The van der Waals surface area contributed by atoms with E-state index in [9.17, 15) is 9.59 Å². The van der Waals surface area contributed by atoms with Crippen LogP contribution in [0.5, 0.6) is 0 Å². The van der Waals surface area contributed by atoms with Gasteiger partial charge in [0.25, 0.3) is 0 Å². The molecule has 0 heterocycles. The molecule has 1 fully saturated rings. The highest BCUT2D eigenvalue weighted by Crippen LogP contribution is 2.45. The molecule has 0 aliphatic heterocycles. The van der Waals surface area contributed by atoms with Crippen LogP contribution in [0.2, 0.25) is 0 Å². The third kappa shape index (κ3) is 2.09. The van der Waals surface area contributed by atoms with E-state index in [0.29, 0.717) is 17.5 Å². The van der Waals surface area contributed by atoms with E-state index in [4.69, 9.17) is 11.5 Å². The summed E-state index contributed by atoms with van der Waals surface area (Å²) in [7, 11) is 0. The summed E-state index contributed by atoms with van der Waals surface area (Å²) >= 11 is 0. The van der Waals surface area contributed by atoms with Gasteiger partial charge >= 0.3 is 0 Å². The highest BCUT2D eigenvalue weighted by molar-refractivity contribution is 5.99. The summed E-state index contributed by atoms with van der Waals surface area (Å²) in [6, 6.07) is 5.54. The zero-order valence-electron chi connectivity index (χ0n) is 12.1. The van der Waals surface area contributed by atoms with E-state index in [1.54, 1.807) is 0 Å². The van der Waals surface area contributed by atoms with Crippen molar-refractivity contribution in [2.24, 2.45) is 17.4 Å². The van der Waals surface area contributed by atoms with Crippen molar-refractivity contribution in [2.45, 2.75) is 44.9 Å². The summed E-state index contributed by atoms with van der Waals surface area (Å²) in [5, 5.41) is 0. The van der Waals surface area contributed by atoms with Gasteiger partial charge in [-0.05, 0) is 36.8 Å². The van der Waals surface area contributed by atoms with E-state index < -0.39 is 11.3 Å². The van der Waals surface area contributed by atoms with Crippen LogP contribution in [-0.2, 0) is 10.2 Å². The highest BCUT2D eigenvalue weighted by atomic mass is 16.1. The lowest BCUT2D eigenvalue weighted by Crippen LogP contribution is -2.49. The Morgan fingerprint density at radius 3 is 2.50 bits per heavy atom. The number of aryl methyl sites for hydroxylation is 1. The molecule has 0 aromatic heterocycles. The molecule has 1 aromatic rings. The maximum absolute atomic E-state index is 12.2. The smallest absolute Gasteiger partial charge is 0.249 e. The van der Waals surface area contributed by atoms with Gasteiger partial charge in [-0.25, -0.2) is 0 Å². The standard InChI is InChI=1S/C16H22N2O2/c1-10-6-5-8-12(13(10)14(17)19)16(15(18)20)9-4-3-7-11(16)2/h5-6,8,11H,3-4,7,9H2,1-2H3,(H2,17,19)(H2,18,20). The van der Waals surface area contributed by atoms with E-state index in [-0.39, 0.29) is 11.8 Å². The summed E-state index contributed by atoms with van der Waals surface area (Å²) in [5.74, 6) is -0.719. The minimum absolute atomic E-state index is 0.119. The third-order valence-corrected chi connectivity index (χ3v) is 4.74. The van der Waals surface area contributed by atoms with Crippen molar-refractivity contribution in [2.75, 3.05) is 0 Å². The second-order valence-electron chi connectivity index (χ2n) is 5.84. The molecule has 108 valence electrons. The molecule has 2 rings (SSSR count). The second kappa shape index (κ2) is 5.27. The van der Waals surface area contributed by atoms with Gasteiger partial charge in [0.2, 0.25) is 11.8 Å². The summed E-state index contributed by atoms with van der Waals surface area (Å²) in [6.45, 7) is 3.88. The van der Waals surface area contributed by atoms with Gasteiger partial charge < -0.3 is 11.5 Å². The van der Waals surface area contributed by atoms with Crippen LogP contribution < -0.4 is 11.5 Å². The Labute approximate surface area is 119 Å². The lowest BCUT2D eigenvalue weighted by atomic mass is 9.61. The zero-order valence-corrected chi connectivity index (χ0v) is 12.1. The Morgan fingerprint density at radius 2 is 1.95 bits per heavy atom. The van der Waals surface area contributed by atoms with Crippen molar-refractivity contribution < 1.29 is 9.59 Å². The average Bonchev–Trinajstić information content (AvgIpc) is 2.38. The normalized spacial score (nSPS) is 26.2. The predicted octanol–water partition coefficient (Wildman–Crippen LogP) is 2.03. The number of benzene rings is 1. The van der Waals surface area contributed by atoms with Crippen molar-refractivity contribution >= 4 is 11.8 Å². The van der Waals surface area contributed by atoms with Crippen LogP contribution in [0.15, 0.2) is 18.2 Å². The fourth-order valence-electron chi connectivity index (χ4n) is 3.61. The minimum Gasteiger partial charge on any atom is -0.369 e. The van der Waals surface area contributed by atoms with Gasteiger partial charge in [0.05, 0.1) is 5.41 Å². The largest absolute Gasteiger partial charge is 0.369 e. The summed E-state index contributed by atoms with van der Waals surface area (Å²) < 4.78 is 0. The molecule has 0 saturated heterocycles. The van der Waals surface area contributed by atoms with E-state index >= 15 is 0 Å². The molecule has 2 unspecified atom stereocenters. The van der Waals surface area contributed by atoms with Crippen LogP contribution in [0.3, 0.4) is 0 Å². The summed E-state index contributed by atoms with van der Waals surface area (Å²) in [4.78, 5) is 24.1. The number of rotatable bonds is 3. The Balaban J connectivity index is 2.70. The van der Waals surface area contributed by atoms with Gasteiger partial charge in [0.15, 0.2) is 0 Å². The van der Waals surface area contributed by atoms with Crippen LogP contribution in [0.4, 0.5) is 0 Å². The van der Waals surface area contributed by atoms with Crippen LogP contribution in [0.25, 0.3) is 0 Å². The summed E-state index contributed by atoms with van der Waals surface area (Å²) in [6.07, 6.45) is 3.66. The molecule has 4 N–H and O–H groups in total. The molecule has 0 spiro atoms. The molecule has 1 aliphatic carbocycles. The molecule has 4 nitrogen and oxygen atoms in total. The van der Waals surface area contributed by atoms with Crippen molar-refractivity contribution in [3.63, 3.8) is 0 Å². The van der Waals surface area contributed by atoms with Crippen molar-refractivity contribution in [3.05, 3.63) is 34.9 Å². The van der Waals surface area contributed by atoms with Crippen molar-refractivity contribution in [1.82, 2.24) is 0 Å². The fourth-order valence-corrected chi connectivity index (χ4v) is 3.61. The van der Waals surface area contributed by atoms with E-state index in [0.717, 1.165) is 24.8 Å². The van der Waals surface area contributed by atoms with Crippen LogP contribution in [0.1, 0.15) is 54.1 Å². The molecule has 0 bridgehead atoms. The Bertz CT molecular complexity index is 553. The molecule has 2 amide bonds. The minimum atomic E-state index is -0.769. The first-order valence-electron chi connectivity index (χ1n) is 7.11. The van der Waals surface area contributed by atoms with Crippen LogP contribution in [0, 0.1) is 12.8 Å². The first-order chi connectivity index (χ1) is 9.41. The molecule has 20 heavy (non-hydrogen) atoms. The maximum Gasteiger partial charge on any atom is 0.249 e. The number of amides is 2. The number of primary amides is 2. The maximum atomic E-state index is 12.2. The zero-order chi connectivity index (χ0) is 14.9. The molecule has 0 radical (unpaired) electrons. The quantitative estimate of drug-likeness (QED) is 0.883. The first kappa shape index (κ1) is 14.6. The molecular formula is C16H22N2O2. The van der Waals surface area contributed by atoms with E-state index in [2.05, 4.69) is 0 Å². The lowest BCUT2D eigenvalue weighted by molar-refractivity contribution is -0.126. The molecule has 1 aliphatic rings. The van der Waals surface area contributed by atoms with Crippen molar-refractivity contribution in [3.8, 4) is 0 Å². The number of nitrogens with two attached hydrogens (primary N) is 2. The van der Waals surface area contributed by atoms with Crippen LogP contribution in [-0.4, -0.2) is 11.8 Å². The monoisotopic (exact) mass is 274 g/mol. The van der Waals surface area contributed by atoms with Gasteiger partial charge in [0, 0.05) is 5.56 Å². The number of carbonyl (C=O) groups is 2. The molecule has 2 atom stereocenters. The van der Waals surface area contributed by atoms with Gasteiger partial charge in [-0.3, -0.25) is 9.59 Å². The van der Waals surface area contributed by atoms with E-state index in [1.807, 2.05) is 32.0 Å². The van der Waals surface area contributed by atoms with Gasteiger partial charge in [0.1, 0.15) is 0 Å². The topological polar surface area (TPSA) is 86.2 Å². The third-order valence-electron chi connectivity index (χ3n) is 4.74. The van der Waals surface area contributed by atoms with Crippen LogP contribution >= 0.6 is 0 Å². The van der Waals surface area contributed by atoms with E-state index in [1.165, 1.54) is 0 Å². The van der Waals surface area contributed by atoms with Gasteiger partial charge in [-0.15, -0.1) is 0 Å². The average molecular weight is 274 g/mol. The van der Waals surface area contributed by atoms with Gasteiger partial charge in [-0.2, -0.15) is 0 Å². The number of carbonyl (C=O) groups excluding carboxylic acids is 2. The predicted molar refractivity (Wildman–Crippen MR) is 78.2 cm³/mol. The SMILES string of the molecule is Cc1cccc(C2(C(N)=O)CCCCC2C)c1C(N)=O. The second-order valence-corrected chi connectivity index (χ2v) is 5.84. The van der Waals surface area contributed by atoms with Gasteiger partial charge in [-0.1, -0.05) is 38.0 Å². The molecule has 1 saturated carbocycles. The Morgan fingerprint density at radius 1 is 1.25 bits per heavy atom. The molecule has 4 heteroatoms. The lowest BCUT2D eigenvalue weighted by Gasteiger charge is -2.41. The first-order valence-corrected chi connectivity index (χ1v) is 7.11. The fraction of sp³-hybridized carbons (Fsp3) is 0.500. The number of hydrogen-bond donors (Lipinski definition) is 2. The highest BCUT2D eigenvalue weighted by Gasteiger charge is 2.46. The molecule has 1 aromatic carbocycles.